The predicted molar refractivity (Wildman–Crippen MR) is 122 cm³/mol. The Balaban J connectivity index is 1.50. The molecular formula is C23H30N4O5S. The Labute approximate surface area is 194 Å². The topological polar surface area (TPSA) is 113 Å². The van der Waals surface area contributed by atoms with Crippen LogP contribution in [-0.4, -0.2) is 55.4 Å². The van der Waals surface area contributed by atoms with Gasteiger partial charge in [0.25, 0.3) is 0 Å². The van der Waals surface area contributed by atoms with Crippen LogP contribution in [0.2, 0.25) is 0 Å². The number of anilines is 1. The Bertz CT molecular complexity index is 1150. The average molecular weight is 475 g/mol. The maximum absolute atomic E-state index is 13.1. The zero-order valence-electron chi connectivity index (χ0n) is 19.3. The molecule has 0 bridgehead atoms. The fourth-order valence-corrected chi connectivity index (χ4v) is 6.30. The largest absolute Gasteiger partial charge is 0.361 e. The highest BCUT2D eigenvalue weighted by molar-refractivity contribution is 7.89. The average Bonchev–Trinajstić information content (AvgIpc) is 3.34. The van der Waals surface area contributed by atoms with Crippen LogP contribution in [0.15, 0.2) is 27.6 Å². The van der Waals surface area contributed by atoms with E-state index in [-0.39, 0.29) is 23.1 Å². The number of carbonyl (C=O) groups excluding carboxylic acids is 2. The molecule has 2 aliphatic rings. The van der Waals surface area contributed by atoms with Gasteiger partial charge < -0.3 is 9.84 Å². The van der Waals surface area contributed by atoms with Gasteiger partial charge in [-0.25, -0.2) is 8.42 Å². The molecule has 0 unspecified atom stereocenters. The summed E-state index contributed by atoms with van der Waals surface area (Å²) < 4.78 is 32.8. The van der Waals surface area contributed by atoms with E-state index in [0.717, 1.165) is 36.3 Å². The van der Waals surface area contributed by atoms with Crippen molar-refractivity contribution >= 4 is 27.5 Å². The first-order valence-corrected chi connectivity index (χ1v) is 12.8. The molecule has 33 heavy (non-hydrogen) atoms. The summed E-state index contributed by atoms with van der Waals surface area (Å²) in [4.78, 5) is 27.1. The highest BCUT2D eigenvalue weighted by Gasteiger charge is 2.38. The van der Waals surface area contributed by atoms with E-state index in [2.05, 4.69) is 10.5 Å². The maximum atomic E-state index is 13.1. The van der Waals surface area contributed by atoms with E-state index < -0.39 is 16.1 Å². The third-order valence-electron chi connectivity index (χ3n) is 6.49. The molecule has 10 heteroatoms. The summed E-state index contributed by atoms with van der Waals surface area (Å²) in [5.41, 5.74) is 3.03. The summed E-state index contributed by atoms with van der Waals surface area (Å²) in [6.45, 7) is 6.53. The molecule has 3 heterocycles. The van der Waals surface area contributed by atoms with Crippen molar-refractivity contribution in [2.45, 2.75) is 63.8 Å². The summed E-state index contributed by atoms with van der Waals surface area (Å²) in [6.07, 6.45) is 3.61. The van der Waals surface area contributed by atoms with Crippen LogP contribution in [0.4, 0.5) is 5.69 Å². The summed E-state index contributed by atoms with van der Waals surface area (Å²) >= 11 is 0. The lowest BCUT2D eigenvalue weighted by molar-refractivity contribution is -0.125. The quantitative estimate of drug-likeness (QED) is 0.686. The molecule has 0 spiro atoms. The van der Waals surface area contributed by atoms with E-state index in [1.807, 2.05) is 13.8 Å². The van der Waals surface area contributed by atoms with Crippen molar-refractivity contribution in [1.82, 2.24) is 14.8 Å². The molecule has 2 aromatic rings. The number of aryl methyl sites for hydroxylation is 2. The van der Waals surface area contributed by atoms with Crippen LogP contribution in [0.3, 0.4) is 0 Å². The van der Waals surface area contributed by atoms with Crippen LogP contribution in [0.25, 0.3) is 0 Å². The minimum absolute atomic E-state index is 0.214. The summed E-state index contributed by atoms with van der Waals surface area (Å²) in [6, 6.07) is 4.09. The lowest BCUT2D eigenvalue weighted by Crippen LogP contribution is -2.47. The molecule has 9 nitrogen and oxygen atoms in total. The van der Waals surface area contributed by atoms with Gasteiger partial charge in [-0.3, -0.25) is 14.5 Å². The predicted octanol–water partition coefficient (Wildman–Crippen LogP) is 2.10. The minimum atomic E-state index is -3.59. The van der Waals surface area contributed by atoms with Gasteiger partial charge in [-0.2, -0.15) is 4.31 Å². The van der Waals surface area contributed by atoms with E-state index in [9.17, 15) is 18.0 Å². The van der Waals surface area contributed by atoms with Gasteiger partial charge in [0.05, 0.1) is 10.6 Å². The van der Waals surface area contributed by atoms with E-state index in [0.29, 0.717) is 37.3 Å². The van der Waals surface area contributed by atoms with Crippen LogP contribution in [0.1, 0.15) is 48.8 Å². The second-order valence-corrected chi connectivity index (χ2v) is 10.6. The summed E-state index contributed by atoms with van der Waals surface area (Å²) in [5.74, 6) is 0.197. The smallest absolute Gasteiger partial charge is 0.243 e. The second-order valence-electron chi connectivity index (χ2n) is 8.71. The summed E-state index contributed by atoms with van der Waals surface area (Å²) in [5, 5.41) is 6.83. The number of benzene rings is 1. The van der Waals surface area contributed by atoms with Crippen LogP contribution >= 0.6 is 0 Å². The molecule has 0 aliphatic carbocycles. The van der Waals surface area contributed by atoms with Crippen molar-refractivity contribution in [2.24, 2.45) is 0 Å². The van der Waals surface area contributed by atoms with Crippen molar-refractivity contribution in [3.8, 4) is 0 Å². The number of fused-ring (bicyclic) bond motifs is 1. The minimum Gasteiger partial charge on any atom is -0.361 e. The van der Waals surface area contributed by atoms with Gasteiger partial charge in [0.1, 0.15) is 11.8 Å². The van der Waals surface area contributed by atoms with Gasteiger partial charge >= 0.3 is 0 Å². The highest BCUT2D eigenvalue weighted by Crippen LogP contribution is 2.35. The van der Waals surface area contributed by atoms with Gasteiger partial charge in [-0.15, -0.1) is 0 Å². The van der Waals surface area contributed by atoms with Crippen LogP contribution in [-0.2, 0) is 32.5 Å². The molecule has 1 aromatic carbocycles. The molecule has 4 rings (SSSR count). The van der Waals surface area contributed by atoms with Crippen molar-refractivity contribution in [3.63, 3.8) is 0 Å². The third kappa shape index (κ3) is 4.54. The molecule has 178 valence electrons. The van der Waals surface area contributed by atoms with E-state index >= 15 is 0 Å². The molecule has 1 atom stereocenters. The number of rotatable bonds is 6. The Morgan fingerprint density at radius 1 is 1.18 bits per heavy atom. The lowest BCUT2D eigenvalue weighted by atomic mass is 10.1. The van der Waals surface area contributed by atoms with Crippen LogP contribution in [0.5, 0.6) is 0 Å². The van der Waals surface area contributed by atoms with Gasteiger partial charge in [0.2, 0.25) is 21.8 Å². The molecule has 1 N–H and O–H groups in total. The fraction of sp³-hybridized carbons (Fsp3) is 0.522. The SMILES string of the molecule is CC(=O)N1c2ccc(S(=O)(=O)N3CCCCC3)cc2C[C@H]1C(=O)NCCc1c(C)noc1C. The van der Waals surface area contributed by atoms with Gasteiger partial charge in [0, 0.05) is 44.2 Å². The second kappa shape index (κ2) is 9.26. The van der Waals surface area contributed by atoms with Crippen molar-refractivity contribution < 1.29 is 22.5 Å². The molecule has 2 amide bonds. The fourth-order valence-electron chi connectivity index (χ4n) is 4.73. The van der Waals surface area contributed by atoms with E-state index in [1.54, 1.807) is 12.1 Å². The first kappa shape index (κ1) is 23.4. The van der Waals surface area contributed by atoms with Gasteiger partial charge in [-0.1, -0.05) is 11.6 Å². The number of hydrogen-bond donors (Lipinski definition) is 1. The summed E-state index contributed by atoms with van der Waals surface area (Å²) in [7, 11) is -3.59. The number of sulfonamides is 1. The number of amides is 2. The number of nitrogens with one attached hydrogen (secondary N) is 1. The highest BCUT2D eigenvalue weighted by atomic mass is 32.2. The number of hydrogen-bond acceptors (Lipinski definition) is 6. The van der Waals surface area contributed by atoms with Gasteiger partial charge in [0.15, 0.2) is 0 Å². The standard InChI is InChI=1S/C23H30N4O5S/c1-15-20(16(2)32-25-15)9-10-24-23(29)22-14-18-13-19(7-8-21(18)27(22)17(3)28)33(30,31)26-11-5-4-6-12-26/h7-8,13,22H,4-6,9-12,14H2,1-3H3,(H,24,29)/t22-/m0/s1. The van der Waals surface area contributed by atoms with Crippen molar-refractivity contribution in [3.05, 3.63) is 40.8 Å². The molecule has 0 saturated carbocycles. The normalized spacial score (nSPS) is 18.9. The molecule has 0 radical (unpaired) electrons. The zero-order valence-corrected chi connectivity index (χ0v) is 20.1. The molecule has 1 saturated heterocycles. The lowest BCUT2D eigenvalue weighted by Gasteiger charge is -2.26. The first-order valence-electron chi connectivity index (χ1n) is 11.3. The third-order valence-corrected chi connectivity index (χ3v) is 8.38. The van der Waals surface area contributed by atoms with Crippen molar-refractivity contribution in [2.75, 3.05) is 24.5 Å². The molecular weight excluding hydrogens is 444 g/mol. The number of piperidine rings is 1. The Morgan fingerprint density at radius 3 is 2.55 bits per heavy atom. The van der Waals surface area contributed by atoms with E-state index in [4.69, 9.17) is 4.52 Å². The molecule has 1 fully saturated rings. The first-order chi connectivity index (χ1) is 15.7. The number of nitrogens with zero attached hydrogens (tertiary/aromatic N) is 3. The Hall–Kier alpha value is -2.72. The molecule has 2 aliphatic heterocycles. The molecule has 1 aromatic heterocycles. The van der Waals surface area contributed by atoms with Crippen LogP contribution in [0, 0.1) is 13.8 Å². The number of carbonyl (C=O) groups is 2. The van der Waals surface area contributed by atoms with E-state index in [1.165, 1.54) is 22.2 Å². The zero-order chi connectivity index (χ0) is 23.8. The van der Waals surface area contributed by atoms with Crippen LogP contribution < -0.4 is 10.2 Å². The van der Waals surface area contributed by atoms with Crippen molar-refractivity contribution in [1.29, 1.82) is 0 Å². The maximum Gasteiger partial charge on any atom is 0.243 e. The number of aromatic nitrogens is 1. The Morgan fingerprint density at radius 2 is 1.91 bits per heavy atom. The monoisotopic (exact) mass is 474 g/mol. The van der Waals surface area contributed by atoms with Gasteiger partial charge in [-0.05, 0) is 56.9 Å². The Kier molecular flexibility index (Phi) is 6.58.